The second-order valence-corrected chi connectivity index (χ2v) is 8.93. The highest BCUT2D eigenvalue weighted by molar-refractivity contribution is 7.94. The molecule has 0 unspecified atom stereocenters. The standard InChI is InChI=1S/C19H18N4O5S2/c1-3-28-17(25)14-8-10-15(11-9-14)23-30(26,27)19-22-21-18(29-19)20-16(24)13-6-4-12(2)5-7-13/h4-11,23H,3H2,1-2H3,(H,20,21,24). The lowest BCUT2D eigenvalue weighted by atomic mass is 10.1. The van der Waals surface area contributed by atoms with Crippen molar-refractivity contribution in [1.29, 1.82) is 0 Å². The van der Waals surface area contributed by atoms with Crippen molar-refractivity contribution in [3.8, 4) is 0 Å². The average molecular weight is 447 g/mol. The fraction of sp³-hybridized carbons (Fsp3) is 0.158. The van der Waals surface area contributed by atoms with Crippen LogP contribution in [0.25, 0.3) is 0 Å². The van der Waals surface area contributed by atoms with E-state index in [0.29, 0.717) is 11.1 Å². The molecule has 11 heteroatoms. The number of ether oxygens (including phenoxy) is 1. The molecule has 0 spiro atoms. The maximum absolute atomic E-state index is 12.5. The minimum Gasteiger partial charge on any atom is -0.462 e. The van der Waals surface area contributed by atoms with Crippen LogP contribution in [-0.2, 0) is 14.8 Å². The van der Waals surface area contributed by atoms with Crippen molar-refractivity contribution in [2.75, 3.05) is 16.6 Å². The molecule has 0 aliphatic rings. The van der Waals surface area contributed by atoms with E-state index in [1.54, 1.807) is 31.2 Å². The van der Waals surface area contributed by atoms with Crippen LogP contribution in [0.4, 0.5) is 10.8 Å². The summed E-state index contributed by atoms with van der Waals surface area (Å²) in [4.78, 5) is 23.9. The number of aromatic nitrogens is 2. The van der Waals surface area contributed by atoms with Gasteiger partial charge >= 0.3 is 5.97 Å². The van der Waals surface area contributed by atoms with Gasteiger partial charge in [-0.05, 0) is 50.2 Å². The van der Waals surface area contributed by atoms with Gasteiger partial charge in [-0.1, -0.05) is 29.0 Å². The van der Waals surface area contributed by atoms with Gasteiger partial charge in [0.05, 0.1) is 12.2 Å². The third kappa shape index (κ3) is 5.19. The van der Waals surface area contributed by atoms with Crippen LogP contribution in [0.15, 0.2) is 52.9 Å². The van der Waals surface area contributed by atoms with E-state index < -0.39 is 21.9 Å². The van der Waals surface area contributed by atoms with E-state index in [0.717, 1.165) is 16.9 Å². The summed E-state index contributed by atoms with van der Waals surface area (Å²) in [5.41, 5.74) is 1.97. The van der Waals surface area contributed by atoms with Gasteiger partial charge in [-0.25, -0.2) is 4.79 Å². The number of rotatable bonds is 7. The number of amides is 1. The van der Waals surface area contributed by atoms with Crippen LogP contribution in [0.2, 0.25) is 0 Å². The fourth-order valence-electron chi connectivity index (χ4n) is 2.33. The average Bonchev–Trinajstić information content (AvgIpc) is 3.18. The van der Waals surface area contributed by atoms with E-state index in [9.17, 15) is 18.0 Å². The van der Waals surface area contributed by atoms with Gasteiger partial charge in [0, 0.05) is 11.3 Å². The zero-order valence-electron chi connectivity index (χ0n) is 16.1. The Morgan fingerprint density at radius 1 is 1.00 bits per heavy atom. The predicted molar refractivity (Wildman–Crippen MR) is 112 cm³/mol. The van der Waals surface area contributed by atoms with Gasteiger partial charge in [0.15, 0.2) is 0 Å². The van der Waals surface area contributed by atoms with Crippen LogP contribution >= 0.6 is 11.3 Å². The Balaban J connectivity index is 1.68. The molecule has 0 radical (unpaired) electrons. The molecular weight excluding hydrogens is 428 g/mol. The third-order valence-electron chi connectivity index (χ3n) is 3.82. The Hall–Kier alpha value is -3.31. The molecule has 1 amide bonds. The van der Waals surface area contributed by atoms with Crippen LogP contribution in [0, 0.1) is 6.92 Å². The first-order valence-corrected chi connectivity index (χ1v) is 11.1. The first-order valence-electron chi connectivity index (χ1n) is 8.80. The van der Waals surface area contributed by atoms with Gasteiger partial charge in [-0.2, -0.15) is 8.42 Å². The van der Waals surface area contributed by atoms with Crippen LogP contribution in [0.5, 0.6) is 0 Å². The number of anilines is 2. The summed E-state index contributed by atoms with van der Waals surface area (Å²) < 4.78 is 32.0. The molecule has 156 valence electrons. The molecule has 0 fully saturated rings. The Morgan fingerprint density at radius 3 is 2.27 bits per heavy atom. The molecule has 3 aromatic rings. The van der Waals surface area contributed by atoms with Crippen molar-refractivity contribution in [3.05, 3.63) is 65.2 Å². The summed E-state index contributed by atoms with van der Waals surface area (Å²) in [6.45, 7) is 3.84. The second kappa shape index (κ2) is 9.01. The lowest BCUT2D eigenvalue weighted by Gasteiger charge is -2.06. The number of esters is 1. The number of aryl methyl sites for hydroxylation is 1. The maximum atomic E-state index is 12.5. The van der Waals surface area contributed by atoms with E-state index >= 15 is 0 Å². The van der Waals surface area contributed by atoms with E-state index in [1.165, 1.54) is 24.3 Å². The molecule has 9 nitrogen and oxygen atoms in total. The second-order valence-electron chi connectivity index (χ2n) is 6.10. The first-order chi connectivity index (χ1) is 14.3. The van der Waals surface area contributed by atoms with E-state index in [4.69, 9.17) is 4.74 Å². The number of hydrogen-bond donors (Lipinski definition) is 2. The van der Waals surface area contributed by atoms with Gasteiger partial charge in [0.2, 0.25) is 5.13 Å². The summed E-state index contributed by atoms with van der Waals surface area (Å²) in [5.74, 6) is -0.914. The van der Waals surface area contributed by atoms with Crippen LogP contribution in [-0.4, -0.2) is 37.1 Å². The number of carbonyl (C=O) groups excluding carboxylic acids is 2. The van der Waals surface area contributed by atoms with E-state index in [1.807, 2.05) is 6.92 Å². The van der Waals surface area contributed by atoms with Crippen molar-refractivity contribution in [2.24, 2.45) is 0 Å². The molecular formula is C19H18N4O5S2. The topological polar surface area (TPSA) is 127 Å². The Kier molecular flexibility index (Phi) is 6.43. The first kappa shape index (κ1) is 21.4. The van der Waals surface area contributed by atoms with Crippen LogP contribution in [0.1, 0.15) is 33.2 Å². The van der Waals surface area contributed by atoms with Crippen molar-refractivity contribution >= 4 is 44.1 Å². The molecule has 0 saturated heterocycles. The van der Waals surface area contributed by atoms with Crippen LogP contribution < -0.4 is 10.0 Å². The smallest absolute Gasteiger partial charge is 0.338 e. The zero-order chi connectivity index (χ0) is 21.7. The Morgan fingerprint density at radius 2 is 1.63 bits per heavy atom. The number of nitrogens with zero attached hydrogens (tertiary/aromatic N) is 2. The summed E-state index contributed by atoms with van der Waals surface area (Å²) in [7, 11) is -4.01. The third-order valence-corrected chi connectivity index (χ3v) is 6.41. The molecule has 1 aromatic heterocycles. The van der Waals surface area contributed by atoms with Gasteiger partial charge in [-0.15, -0.1) is 10.2 Å². The van der Waals surface area contributed by atoms with Gasteiger partial charge in [0.1, 0.15) is 0 Å². The molecule has 0 atom stereocenters. The molecule has 0 bridgehead atoms. The van der Waals surface area contributed by atoms with E-state index in [-0.39, 0.29) is 21.8 Å². The number of carbonyl (C=O) groups is 2. The monoisotopic (exact) mass is 446 g/mol. The summed E-state index contributed by atoms with van der Waals surface area (Å²) in [5, 5.41) is 9.95. The lowest BCUT2D eigenvalue weighted by molar-refractivity contribution is 0.0526. The number of benzene rings is 2. The van der Waals surface area contributed by atoms with Crippen molar-refractivity contribution in [2.45, 2.75) is 18.2 Å². The highest BCUT2D eigenvalue weighted by Gasteiger charge is 2.21. The number of sulfonamides is 1. The van der Waals surface area contributed by atoms with Gasteiger partial charge in [0.25, 0.3) is 20.3 Å². The van der Waals surface area contributed by atoms with Gasteiger partial charge in [-0.3, -0.25) is 14.8 Å². The van der Waals surface area contributed by atoms with Crippen molar-refractivity contribution in [3.63, 3.8) is 0 Å². The number of hydrogen-bond acceptors (Lipinski definition) is 8. The quantitative estimate of drug-likeness (QED) is 0.422. The van der Waals surface area contributed by atoms with E-state index in [2.05, 4.69) is 20.2 Å². The molecule has 1 heterocycles. The summed E-state index contributed by atoms with van der Waals surface area (Å²) >= 11 is 0.721. The van der Waals surface area contributed by atoms with Crippen molar-refractivity contribution in [1.82, 2.24) is 10.2 Å². The Labute approximate surface area is 177 Å². The zero-order valence-corrected chi connectivity index (χ0v) is 17.7. The minimum atomic E-state index is -4.01. The molecule has 2 N–H and O–H groups in total. The van der Waals surface area contributed by atoms with Gasteiger partial charge < -0.3 is 4.74 Å². The molecule has 0 saturated carbocycles. The van der Waals surface area contributed by atoms with Crippen molar-refractivity contribution < 1.29 is 22.7 Å². The lowest BCUT2D eigenvalue weighted by Crippen LogP contribution is -2.13. The summed E-state index contributed by atoms with van der Waals surface area (Å²) in [6, 6.07) is 12.7. The SMILES string of the molecule is CCOC(=O)c1ccc(NS(=O)(=O)c2nnc(NC(=O)c3ccc(C)cc3)s2)cc1. The summed E-state index contributed by atoms with van der Waals surface area (Å²) in [6.07, 6.45) is 0. The molecule has 2 aromatic carbocycles. The minimum absolute atomic E-state index is 0.0543. The molecule has 0 aliphatic heterocycles. The molecule has 30 heavy (non-hydrogen) atoms. The molecule has 0 aliphatic carbocycles. The molecule has 3 rings (SSSR count). The normalized spacial score (nSPS) is 11.0. The highest BCUT2D eigenvalue weighted by atomic mass is 32.2. The Bertz CT molecular complexity index is 1160. The maximum Gasteiger partial charge on any atom is 0.338 e. The highest BCUT2D eigenvalue weighted by Crippen LogP contribution is 2.23. The predicted octanol–water partition coefficient (Wildman–Crippen LogP) is 3.08. The fourth-order valence-corrected chi connectivity index (χ4v) is 4.29. The van der Waals surface area contributed by atoms with Crippen LogP contribution in [0.3, 0.4) is 0 Å². The largest absolute Gasteiger partial charge is 0.462 e. The number of nitrogens with one attached hydrogen (secondary N) is 2.